The molecule has 0 aliphatic heterocycles. The van der Waals surface area contributed by atoms with Gasteiger partial charge in [-0.3, -0.25) is 4.79 Å². The number of H-pyrrole nitrogens is 1. The molecule has 0 aliphatic rings. The summed E-state index contributed by atoms with van der Waals surface area (Å²) in [5.74, 6) is 0.757. The number of nitrogens with zero attached hydrogens (tertiary/aromatic N) is 2. The molecule has 0 saturated heterocycles. The Morgan fingerprint density at radius 3 is 2.52 bits per heavy atom. The number of fused-ring (bicyclic) bond motifs is 1. The summed E-state index contributed by atoms with van der Waals surface area (Å²) in [6.45, 7) is 0.278. The molecule has 0 radical (unpaired) electrons. The van der Waals surface area contributed by atoms with E-state index in [1.807, 2.05) is 48.5 Å². The fraction of sp³-hybridized carbons (Fsp3) is 0.0435. The van der Waals surface area contributed by atoms with Crippen LogP contribution in [0.5, 0.6) is 5.75 Å². The Hall–Kier alpha value is -3.64. The van der Waals surface area contributed by atoms with Gasteiger partial charge in [-0.25, -0.2) is 0 Å². The first kappa shape index (κ1) is 17.5. The van der Waals surface area contributed by atoms with Gasteiger partial charge in [0.15, 0.2) is 0 Å². The van der Waals surface area contributed by atoms with Crippen molar-refractivity contribution in [2.45, 2.75) is 6.61 Å². The highest BCUT2D eigenvalue weighted by Crippen LogP contribution is 2.34. The molecule has 5 rings (SSSR count). The molecule has 6 heteroatoms. The highest BCUT2D eigenvalue weighted by Gasteiger charge is 2.13. The second-order valence-corrected chi connectivity index (χ2v) is 7.53. The monoisotopic (exact) mass is 399 g/mol. The second-order valence-electron chi connectivity index (χ2n) is 6.62. The van der Waals surface area contributed by atoms with Crippen molar-refractivity contribution in [3.8, 4) is 27.3 Å². The molecule has 1 N–H and O–H groups in total. The van der Waals surface area contributed by atoms with Crippen LogP contribution in [0.2, 0.25) is 0 Å². The minimum Gasteiger partial charge on any atom is -0.487 e. The predicted molar refractivity (Wildman–Crippen MR) is 115 cm³/mol. The third kappa shape index (κ3) is 3.46. The number of rotatable bonds is 5. The van der Waals surface area contributed by atoms with E-state index in [2.05, 4.69) is 33.7 Å². The van der Waals surface area contributed by atoms with Gasteiger partial charge in [0.1, 0.15) is 18.0 Å². The third-order valence-corrected chi connectivity index (χ3v) is 5.63. The fourth-order valence-electron chi connectivity index (χ4n) is 3.23. The summed E-state index contributed by atoms with van der Waals surface area (Å²) in [6.07, 6.45) is 1.73. The van der Waals surface area contributed by atoms with E-state index in [0.717, 1.165) is 27.3 Å². The van der Waals surface area contributed by atoms with Gasteiger partial charge in [0.05, 0.1) is 17.5 Å². The summed E-state index contributed by atoms with van der Waals surface area (Å²) in [6, 6.07) is 23.4. The summed E-state index contributed by atoms with van der Waals surface area (Å²) >= 11 is 1.63. The predicted octanol–water partition coefficient (Wildman–Crippen LogP) is 5.00. The molecule has 2 aromatic carbocycles. The minimum atomic E-state index is -0.184. The van der Waals surface area contributed by atoms with Crippen LogP contribution in [-0.4, -0.2) is 14.6 Å². The maximum atomic E-state index is 12.5. The third-order valence-electron chi connectivity index (χ3n) is 4.66. The number of ether oxygens (including phenoxy) is 1. The quantitative estimate of drug-likeness (QED) is 0.453. The normalized spacial score (nSPS) is 11.0. The van der Waals surface area contributed by atoms with Crippen molar-refractivity contribution >= 4 is 17.0 Å². The molecule has 3 aromatic heterocycles. The van der Waals surface area contributed by atoms with E-state index < -0.39 is 0 Å². The largest absolute Gasteiger partial charge is 0.487 e. The lowest BCUT2D eigenvalue weighted by Gasteiger charge is -2.07. The van der Waals surface area contributed by atoms with E-state index in [0.29, 0.717) is 11.3 Å². The average Bonchev–Trinajstić information content (AvgIpc) is 3.41. The Balaban J connectivity index is 1.50. The smallest absolute Gasteiger partial charge is 0.274 e. The summed E-state index contributed by atoms with van der Waals surface area (Å²) in [5, 5.41) is 6.39. The molecule has 29 heavy (non-hydrogen) atoms. The molecule has 5 aromatic rings. The Morgan fingerprint density at radius 1 is 0.966 bits per heavy atom. The molecule has 3 heterocycles. The van der Waals surface area contributed by atoms with E-state index in [-0.39, 0.29) is 12.2 Å². The SMILES string of the molecule is O=c1cc(COc2ccccc2)[nH]c2c(-c3cc(-c4ccccc4)cs3)cnn12. The first-order valence-corrected chi connectivity index (χ1v) is 10.1. The number of nitrogens with one attached hydrogen (secondary N) is 1. The summed E-state index contributed by atoms with van der Waals surface area (Å²) in [5.41, 5.74) is 4.40. The number of aromatic amines is 1. The zero-order valence-electron chi connectivity index (χ0n) is 15.4. The van der Waals surface area contributed by atoms with Crippen molar-refractivity contribution in [3.63, 3.8) is 0 Å². The van der Waals surface area contributed by atoms with Gasteiger partial charge >= 0.3 is 0 Å². The molecular formula is C23H17N3O2S. The first-order valence-electron chi connectivity index (χ1n) is 9.20. The molecule has 0 saturated carbocycles. The van der Waals surface area contributed by atoms with Gasteiger partial charge in [-0.15, -0.1) is 11.3 Å². The van der Waals surface area contributed by atoms with E-state index in [9.17, 15) is 4.79 Å². The Morgan fingerprint density at radius 2 is 1.72 bits per heavy atom. The van der Waals surface area contributed by atoms with Crippen LogP contribution in [0.3, 0.4) is 0 Å². The zero-order chi connectivity index (χ0) is 19.6. The van der Waals surface area contributed by atoms with Gasteiger partial charge in [-0.05, 0) is 34.7 Å². The number of hydrogen-bond acceptors (Lipinski definition) is 4. The van der Waals surface area contributed by atoms with Crippen LogP contribution in [0.1, 0.15) is 5.69 Å². The molecule has 0 aliphatic carbocycles. The van der Waals surface area contributed by atoms with Gasteiger partial charge in [0, 0.05) is 10.9 Å². The first-order chi connectivity index (χ1) is 14.3. The van der Waals surface area contributed by atoms with Crippen molar-refractivity contribution < 1.29 is 4.74 Å². The zero-order valence-corrected chi connectivity index (χ0v) is 16.2. The Labute approximate surface area is 170 Å². The van der Waals surface area contributed by atoms with Crippen LogP contribution in [0.25, 0.3) is 27.2 Å². The van der Waals surface area contributed by atoms with Gasteiger partial charge in [-0.1, -0.05) is 48.5 Å². The highest BCUT2D eigenvalue weighted by molar-refractivity contribution is 7.14. The van der Waals surface area contributed by atoms with Crippen LogP contribution in [0, 0.1) is 0 Å². The van der Waals surface area contributed by atoms with Crippen LogP contribution in [0.4, 0.5) is 0 Å². The van der Waals surface area contributed by atoms with Gasteiger partial charge in [-0.2, -0.15) is 9.61 Å². The second kappa shape index (κ2) is 7.41. The lowest BCUT2D eigenvalue weighted by atomic mass is 10.1. The molecule has 5 nitrogen and oxygen atoms in total. The number of hydrogen-bond donors (Lipinski definition) is 1. The van der Waals surface area contributed by atoms with Crippen molar-refractivity contribution in [3.05, 3.63) is 100 Å². The standard InChI is InChI=1S/C23H17N3O2S/c27-22-12-18(14-28-19-9-5-2-6-10-19)25-23-20(13-24-26(22)23)21-11-17(15-29-21)16-7-3-1-4-8-16/h1-13,15,25H,14H2. The van der Waals surface area contributed by atoms with Crippen molar-refractivity contribution in [1.29, 1.82) is 0 Å². The van der Waals surface area contributed by atoms with Crippen molar-refractivity contribution in [2.75, 3.05) is 0 Å². The molecule has 0 fully saturated rings. The van der Waals surface area contributed by atoms with Gasteiger partial charge in [0.2, 0.25) is 0 Å². The van der Waals surface area contributed by atoms with Crippen LogP contribution in [0.15, 0.2) is 89.2 Å². The molecule has 142 valence electrons. The molecule has 0 amide bonds. The number of thiophene rings is 1. The number of para-hydroxylation sites is 1. The van der Waals surface area contributed by atoms with Crippen LogP contribution in [-0.2, 0) is 6.61 Å². The number of aromatic nitrogens is 3. The van der Waals surface area contributed by atoms with E-state index >= 15 is 0 Å². The summed E-state index contributed by atoms with van der Waals surface area (Å²) in [7, 11) is 0. The van der Waals surface area contributed by atoms with E-state index in [1.54, 1.807) is 17.5 Å². The van der Waals surface area contributed by atoms with Crippen LogP contribution < -0.4 is 10.3 Å². The lowest BCUT2D eigenvalue weighted by Crippen LogP contribution is -2.16. The van der Waals surface area contributed by atoms with Gasteiger partial charge in [0.25, 0.3) is 5.56 Å². The summed E-state index contributed by atoms with van der Waals surface area (Å²) < 4.78 is 7.17. The molecule has 0 unspecified atom stereocenters. The lowest BCUT2D eigenvalue weighted by molar-refractivity contribution is 0.301. The van der Waals surface area contributed by atoms with E-state index in [4.69, 9.17) is 4.74 Å². The Kier molecular flexibility index (Phi) is 4.46. The number of benzene rings is 2. The summed E-state index contributed by atoms with van der Waals surface area (Å²) in [4.78, 5) is 16.9. The molecular weight excluding hydrogens is 382 g/mol. The molecule has 0 bridgehead atoms. The fourth-order valence-corrected chi connectivity index (χ4v) is 4.16. The Bertz CT molecular complexity index is 1320. The maximum absolute atomic E-state index is 12.5. The van der Waals surface area contributed by atoms with Gasteiger partial charge < -0.3 is 9.72 Å². The van der Waals surface area contributed by atoms with Crippen molar-refractivity contribution in [2.24, 2.45) is 0 Å². The topological polar surface area (TPSA) is 59.4 Å². The average molecular weight is 399 g/mol. The van der Waals surface area contributed by atoms with E-state index in [1.165, 1.54) is 10.6 Å². The maximum Gasteiger partial charge on any atom is 0.274 e. The molecule has 0 spiro atoms. The van der Waals surface area contributed by atoms with Crippen molar-refractivity contribution in [1.82, 2.24) is 14.6 Å². The van der Waals surface area contributed by atoms with Crippen LogP contribution >= 0.6 is 11.3 Å². The minimum absolute atomic E-state index is 0.184. The molecule has 0 atom stereocenters. The highest BCUT2D eigenvalue weighted by atomic mass is 32.1.